The van der Waals surface area contributed by atoms with Crippen LogP contribution in [0.25, 0.3) is 0 Å². The molecule has 19 heavy (non-hydrogen) atoms. The molecule has 0 aromatic heterocycles. The Morgan fingerprint density at radius 2 is 1.42 bits per heavy atom. The van der Waals surface area contributed by atoms with Crippen LogP contribution in [0, 0.1) is 13.8 Å². The number of nitrogens with zero attached hydrogens (tertiary/aromatic N) is 1. The Kier molecular flexibility index (Phi) is 3.38. The highest BCUT2D eigenvalue weighted by atomic mass is 16.1. The summed E-state index contributed by atoms with van der Waals surface area (Å²) in [5, 5.41) is 0. The number of anilines is 1. The van der Waals surface area contributed by atoms with E-state index in [1.807, 2.05) is 52.0 Å². The van der Waals surface area contributed by atoms with Gasteiger partial charge in [0.25, 0.3) is 0 Å². The standard InChI is InChI=1S/C16H18N2O/c1-9-5-13(6-10(2)15(9)17)18-14-7-11(3)16(19)12(4)8-14/h5-8H,17H2,1-4H3. The van der Waals surface area contributed by atoms with Gasteiger partial charge in [-0.05, 0) is 74.3 Å². The molecule has 1 aromatic carbocycles. The lowest BCUT2D eigenvalue weighted by Crippen LogP contribution is -2.10. The van der Waals surface area contributed by atoms with Gasteiger partial charge in [-0.15, -0.1) is 0 Å². The smallest absolute Gasteiger partial charge is 0.184 e. The third-order valence-corrected chi connectivity index (χ3v) is 3.28. The predicted molar refractivity (Wildman–Crippen MR) is 79.9 cm³/mol. The quantitative estimate of drug-likeness (QED) is 0.616. The predicted octanol–water partition coefficient (Wildman–Crippen LogP) is 3.43. The van der Waals surface area contributed by atoms with E-state index < -0.39 is 0 Å². The second-order valence-corrected chi connectivity index (χ2v) is 5.01. The summed E-state index contributed by atoms with van der Waals surface area (Å²) in [4.78, 5) is 16.2. The molecule has 3 heteroatoms. The first-order valence-electron chi connectivity index (χ1n) is 6.25. The summed E-state index contributed by atoms with van der Waals surface area (Å²) in [7, 11) is 0. The maximum atomic E-state index is 11.7. The number of nitrogens with two attached hydrogens (primary N) is 1. The number of aryl methyl sites for hydroxylation is 2. The zero-order valence-corrected chi connectivity index (χ0v) is 11.7. The molecule has 0 unspecified atom stereocenters. The minimum atomic E-state index is 0.0867. The summed E-state index contributed by atoms with van der Waals surface area (Å²) in [6.07, 6.45) is 3.63. The normalized spacial score (nSPS) is 15.2. The molecule has 0 saturated carbocycles. The zero-order valence-electron chi connectivity index (χ0n) is 11.7. The topological polar surface area (TPSA) is 55.4 Å². The number of rotatable bonds is 1. The van der Waals surface area contributed by atoms with Crippen molar-refractivity contribution in [1.29, 1.82) is 0 Å². The molecule has 1 aliphatic rings. The largest absolute Gasteiger partial charge is 0.398 e. The van der Waals surface area contributed by atoms with Crippen molar-refractivity contribution in [3.8, 4) is 0 Å². The summed E-state index contributed by atoms with van der Waals surface area (Å²) in [5.41, 5.74) is 11.9. The number of allylic oxidation sites excluding steroid dienone is 4. The van der Waals surface area contributed by atoms with E-state index in [-0.39, 0.29) is 5.78 Å². The first kappa shape index (κ1) is 13.3. The number of carbonyl (C=O) groups is 1. The van der Waals surface area contributed by atoms with Crippen molar-refractivity contribution in [2.75, 3.05) is 5.73 Å². The SMILES string of the molecule is CC1=CC(=Nc2cc(C)c(N)c(C)c2)C=C(C)C1=O. The van der Waals surface area contributed by atoms with Crippen molar-refractivity contribution in [2.24, 2.45) is 4.99 Å². The fourth-order valence-electron chi connectivity index (χ4n) is 2.16. The summed E-state index contributed by atoms with van der Waals surface area (Å²) < 4.78 is 0. The number of nitrogen functional groups attached to an aromatic ring is 1. The molecule has 1 aromatic rings. The van der Waals surface area contributed by atoms with Gasteiger partial charge in [-0.3, -0.25) is 4.79 Å². The van der Waals surface area contributed by atoms with Crippen LogP contribution in [0.4, 0.5) is 11.4 Å². The molecule has 0 fully saturated rings. The number of aliphatic imine (C=N–C) groups is 1. The fraction of sp³-hybridized carbons (Fsp3) is 0.250. The van der Waals surface area contributed by atoms with E-state index in [9.17, 15) is 4.79 Å². The first-order valence-corrected chi connectivity index (χ1v) is 6.25. The number of hydrogen-bond donors (Lipinski definition) is 1. The molecule has 0 saturated heterocycles. The van der Waals surface area contributed by atoms with Crippen molar-refractivity contribution in [2.45, 2.75) is 27.7 Å². The number of carbonyl (C=O) groups excluding carboxylic acids is 1. The van der Waals surface area contributed by atoms with E-state index in [0.717, 1.165) is 39.4 Å². The molecule has 0 radical (unpaired) electrons. The fourth-order valence-corrected chi connectivity index (χ4v) is 2.16. The first-order chi connectivity index (χ1) is 8.88. The van der Waals surface area contributed by atoms with E-state index in [4.69, 9.17) is 5.73 Å². The summed E-state index contributed by atoms with van der Waals surface area (Å²) >= 11 is 0. The van der Waals surface area contributed by atoms with Crippen LogP contribution in [0.2, 0.25) is 0 Å². The Morgan fingerprint density at radius 3 is 1.89 bits per heavy atom. The zero-order chi connectivity index (χ0) is 14.2. The molecule has 0 spiro atoms. The monoisotopic (exact) mass is 254 g/mol. The van der Waals surface area contributed by atoms with Crippen LogP contribution >= 0.6 is 0 Å². The van der Waals surface area contributed by atoms with Crippen LogP contribution in [0.1, 0.15) is 25.0 Å². The highest BCUT2D eigenvalue weighted by Crippen LogP contribution is 2.25. The van der Waals surface area contributed by atoms with Gasteiger partial charge in [0.05, 0.1) is 11.4 Å². The van der Waals surface area contributed by atoms with Gasteiger partial charge in [0.2, 0.25) is 0 Å². The Hall–Kier alpha value is -2.16. The average Bonchev–Trinajstić information content (AvgIpc) is 2.33. The highest BCUT2D eigenvalue weighted by Gasteiger charge is 2.13. The molecule has 1 aliphatic carbocycles. The van der Waals surface area contributed by atoms with Crippen LogP contribution in [-0.2, 0) is 4.79 Å². The molecule has 0 bridgehead atoms. The Bertz CT molecular complexity index is 602. The third-order valence-electron chi connectivity index (χ3n) is 3.28. The van der Waals surface area contributed by atoms with Crippen molar-refractivity contribution in [3.05, 3.63) is 46.6 Å². The minimum absolute atomic E-state index is 0.0867. The van der Waals surface area contributed by atoms with E-state index in [1.54, 1.807) is 0 Å². The number of ketones is 1. The molecule has 98 valence electrons. The summed E-state index contributed by atoms with van der Waals surface area (Å²) in [6.45, 7) is 7.57. The van der Waals surface area contributed by atoms with E-state index in [2.05, 4.69) is 4.99 Å². The van der Waals surface area contributed by atoms with Gasteiger partial charge in [-0.2, -0.15) is 0 Å². The van der Waals surface area contributed by atoms with Crippen LogP contribution < -0.4 is 5.73 Å². The minimum Gasteiger partial charge on any atom is -0.398 e. The van der Waals surface area contributed by atoms with Gasteiger partial charge in [0.1, 0.15) is 0 Å². The molecule has 2 N–H and O–H groups in total. The Balaban J connectivity index is 2.45. The third kappa shape index (κ3) is 2.65. The summed E-state index contributed by atoms with van der Waals surface area (Å²) in [5.74, 6) is 0.0867. The number of benzene rings is 1. The van der Waals surface area contributed by atoms with Crippen LogP contribution in [-0.4, -0.2) is 11.5 Å². The Morgan fingerprint density at radius 1 is 0.947 bits per heavy atom. The molecular formula is C16H18N2O. The number of hydrogen-bond acceptors (Lipinski definition) is 3. The molecule has 0 atom stereocenters. The van der Waals surface area contributed by atoms with Crippen molar-refractivity contribution in [1.82, 2.24) is 0 Å². The second-order valence-electron chi connectivity index (χ2n) is 5.01. The molecule has 3 nitrogen and oxygen atoms in total. The van der Waals surface area contributed by atoms with Crippen molar-refractivity contribution in [3.63, 3.8) is 0 Å². The van der Waals surface area contributed by atoms with Gasteiger partial charge in [0, 0.05) is 5.69 Å². The second kappa shape index (κ2) is 4.84. The van der Waals surface area contributed by atoms with E-state index in [1.165, 1.54) is 0 Å². The van der Waals surface area contributed by atoms with Crippen LogP contribution in [0.5, 0.6) is 0 Å². The lowest BCUT2D eigenvalue weighted by molar-refractivity contribution is -0.112. The maximum Gasteiger partial charge on any atom is 0.184 e. The van der Waals surface area contributed by atoms with Crippen molar-refractivity contribution < 1.29 is 4.79 Å². The molecule has 0 amide bonds. The molecule has 2 rings (SSSR count). The van der Waals surface area contributed by atoms with Gasteiger partial charge in [0.15, 0.2) is 5.78 Å². The Labute approximate surface area is 113 Å². The highest BCUT2D eigenvalue weighted by molar-refractivity contribution is 6.21. The van der Waals surface area contributed by atoms with Crippen molar-refractivity contribution >= 4 is 22.9 Å². The van der Waals surface area contributed by atoms with Crippen LogP contribution in [0.3, 0.4) is 0 Å². The van der Waals surface area contributed by atoms with Crippen LogP contribution in [0.15, 0.2) is 40.4 Å². The molecule has 0 aliphatic heterocycles. The molecule has 0 heterocycles. The maximum absolute atomic E-state index is 11.7. The number of Topliss-reactive ketones (excluding diaryl/α,β-unsaturated/α-hetero) is 1. The summed E-state index contributed by atoms with van der Waals surface area (Å²) in [6, 6.07) is 3.91. The van der Waals surface area contributed by atoms with Gasteiger partial charge in [-0.1, -0.05) is 0 Å². The lowest BCUT2D eigenvalue weighted by atomic mass is 9.98. The average molecular weight is 254 g/mol. The van der Waals surface area contributed by atoms with Gasteiger partial charge >= 0.3 is 0 Å². The van der Waals surface area contributed by atoms with Gasteiger partial charge < -0.3 is 5.73 Å². The van der Waals surface area contributed by atoms with E-state index >= 15 is 0 Å². The molecular weight excluding hydrogens is 236 g/mol. The lowest BCUT2D eigenvalue weighted by Gasteiger charge is -2.10. The van der Waals surface area contributed by atoms with E-state index in [0.29, 0.717) is 0 Å². The van der Waals surface area contributed by atoms with Gasteiger partial charge in [-0.25, -0.2) is 4.99 Å².